The van der Waals surface area contributed by atoms with Crippen LogP contribution in [0.15, 0.2) is 22.6 Å². The van der Waals surface area contributed by atoms with E-state index >= 15 is 0 Å². The highest BCUT2D eigenvalue weighted by molar-refractivity contribution is 5.77. The van der Waals surface area contributed by atoms with Gasteiger partial charge >= 0.3 is 0 Å². The number of fused-ring (bicyclic) bond motifs is 1. The smallest absolute Gasteiger partial charge is 0.295 e. The molecule has 2 rings (SSSR count). The molecule has 1 heterocycles. The van der Waals surface area contributed by atoms with Crippen LogP contribution in [-0.4, -0.2) is 39.4 Å². The van der Waals surface area contributed by atoms with Crippen LogP contribution in [0.25, 0.3) is 11.1 Å². The lowest BCUT2D eigenvalue weighted by Crippen LogP contribution is -2.22. The molecule has 8 heteroatoms. The lowest BCUT2D eigenvalue weighted by molar-refractivity contribution is -0.384. The van der Waals surface area contributed by atoms with Crippen LogP contribution in [0.5, 0.6) is 0 Å². The van der Waals surface area contributed by atoms with Gasteiger partial charge in [-0.3, -0.25) is 10.1 Å². The minimum atomic E-state index is -0.922. The summed E-state index contributed by atoms with van der Waals surface area (Å²) in [4.78, 5) is 14.0. The molecule has 96 valence electrons. The van der Waals surface area contributed by atoms with Gasteiger partial charge in [-0.05, 0) is 6.07 Å². The highest BCUT2D eigenvalue weighted by Crippen LogP contribution is 2.23. The molecule has 0 amide bonds. The first-order valence-corrected chi connectivity index (χ1v) is 5.18. The summed E-state index contributed by atoms with van der Waals surface area (Å²) in [5.74, 6) is 0. The molecule has 0 aliphatic rings. The number of nitro benzene ring substituents is 1. The molecular weight excluding hydrogens is 242 g/mol. The average molecular weight is 253 g/mol. The molecule has 0 spiro atoms. The van der Waals surface area contributed by atoms with Crippen molar-refractivity contribution in [2.24, 2.45) is 0 Å². The minimum absolute atomic E-state index is 0.0715. The molecule has 0 radical (unpaired) electrons. The van der Waals surface area contributed by atoms with E-state index < -0.39 is 11.0 Å². The topological polar surface area (TPSA) is 122 Å². The molecule has 0 saturated heterocycles. The van der Waals surface area contributed by atoms with E-state index in [4.69, 9.17) is 14.6 Å². The minimum Gasteiger partial charge on any atom is -0.424 e. The Kier molecular flexibility index (Phi) is 3.40. The molecule has 1 unspecified atom stereocenters. The Bertz CT molecular complexity index is 568. The van der Waals surface area contributed by atoms with Crippen LogP contribution in [-0.2, 0) is 0 Å². The van der Waals surface area contributed by atoms with Gasteiger partial charge in [0, 0.05) is 18.7 Å². The zero-order valence-electron chi connectivity index (χ0n) is 9.24. The van der Waals surface area contributed by atoms with Crippen LogP contribution < -0.4 is 5.32 Å². The summed E-state index contributed by atoms with van der Waals surface area (Å²) in [6, 6.07) is 4.21. The third-order valence-corrected chi connectivity index (χ3v) is 2.28. The third kappa shape index (κ3) is 2.55. The van der Waals surface area contributed by atoms with Crippen molar-refractivity contribution in [2.75, 3.05) is 18.5 Å². The van der Waals surface area contributed by atoms with Crippen LogP contribution in [0, 0.1) is 10.1 Å². The van der Waals surface area contributed by atoms with Gasteiger partial charge in [-0.15, -0.1) is 0 Å². The first-order valence-electron chi connectivity index (χ1n) is 5.18. The third-order valence-electron chi connectivity index (χ3n) is 2.28. The molecule has 18 heavy (non-hydrogen) atoms. The lowest BCUT2D eigenvalue weighted by Gasteiger charge is -2.05. The fourth-order valence-electron chi connectivity index (χ4n) is 1.37. The second-order valence-corrected chi connectivity index (χ2v) is 3.65. The van der Waals surface area contributed by atoms with Gasteiger partial charge in [0.25, 0.3) is 11.7 Å². The highest BCUT2D eigenvalue weighted by Gasteiger charge is 2.12. The maximum Gasteiger partial charge on any atom is 0.295 e. The second-order valence-electron chi connectivity index (χ2n) is 3.65. The standard InChI is InChI=1S/C10H11N3O5/c14-5-7(15)4-11-10-12-8-3-6(13(16)17)1-2-9(8)18-10/h1-3,7,14-15H,4-5H2,(H,11,12). The Balaban J connectivity index is 2.19. The number of hydrogen-bond donors (Lipinski definition) is 3. The number of benzene rings is 1. The molecule has 0 fully saturated rings. The molecule has 0 saturated carbocycles. The Hall–Kier alpha value is -2.19. The number of nitro groups is 1. The zero-order chi connectivity index (χ0) is 13.1. The van der Waals surface area contributed by atoms with E-state index in [-0.39, 0.29) is 24.9 Å². The van der Waals surface area contributed by atoms with Gasteiger partial charge in [-0.25, -0.2) is 0 Å². The van der Waals surface area contributed by atoms with Gasteiger partial charge < -0.3 is 19.9 Å². The highest BCUT2D eigenvalue weighted by atomic mass is 16.6. The molecule has 8 nitrogen and oxygen atoms in total. The van der Waals surface area contributed by atoms with Crippen LogP contribution in [0.4, 0.5) is 11.7 Å². The van der Waals surface area contributed by atoms with E-state index in [1.165, 1.54) is 18.2 Å². The largest absolute Gasteiger partial charge is 0.424 e. The predicted molar refractivity (Wildman–Crippen MR) is 62.2 cm³/mol. The second kappa shape index (κ2) is 4.98. The summed E-state index contributed by atoms with van der Waals surface area (Å²) < 4.78 is 5.26. The molecule has 2 aromatic rings. The van der Waals surface area contributed by atoms with Crippen LogP contribution >= 0.6 is 0 Å². The lowest BCUT2D eigenvalue weighted by atomic mass is 10.3. The Morgan fingerprint density at radius 1 is 1.56 bits per heavy atom. The Morgan fingerprint density at radius 2 is 2.33 bits per heavy atom. The van der Waals surface area contributed by atoms with Gasteiger partial charge in [0.05, 0.1) is 17.6 Å². The van der Waals surface area contributed by atoms with Crippen molar-refractivity contribution in [2.45, 2.75) is 6.10 Å². The molecule has 0 aliphatic carbocycles. The van der Waals surface area contributed by atoms with Gasteiger partial charge in [0.15, 0.2) is 5.58 Å². The fraction of sp³-hybridized carbons (Fsp3) is 0.300. The number of nitrogens with one attached hydrogen (secondary N) is 1. The van der Waals surface area contributed by atoms with E-state index in [1.54, 1.807) is 0 Å². The summed E-state index contributed by atoms with van der Waals surface area (Å²) in [6.07, 6.45) is -0.922. The first-order chi connectivity index (χ1) is 8.60. The summed E-state index contributed by atoms with van der Waals surface area (Å²) in [5, 5.41) is 31.0. The van der Waals surface area contributed by atoms with Crippen molar-refractivity contribution < 1.29 is 19.6 Å². The van der Waals surface area contributed by atoms with Gasteiger partial charge in [-0.2, -0.15) is 4.98 Å². The van der Waals surface area contributed by atoms with E-state index in [0.29, 0.717) is 11.1 Å². The number of anilines is 1. The number of oxazole rings is 1. The number of aliphatic hydroxyl groups excluding tert-OH is 2. The summed E-state index contributed by atoms with van der Waals surface area (Å²) in [5.41, 5.74) is 0.685. The van der Waals surface area contributed by atoms with E-state index in [1.807, 2.05) is 0 Å². The number of hydrogen-bond acceptors (Lipinski definition) is 7. The fourth-order valence-corrected chi connectivity index (χ4v) is 1.37. The molecule has 1 aromatic carbocycles. The van der Waals surface area contributed by atoms with Gasteiger partial charge in [0.1, 0.15) is 5.52 Å². The maximum atomic E-state index is 10.6. The summed E-state index contributed by atoms with van der Waals surface area (Å²) >= 11 is 0. The average Bonchev–Trinajstić information content (AvgIpc) is 2.77. The monoisotopic (exact) mass is 253 g/mol. The predicted octanol–water partition coefficient (Wildman–Crippen LogP) is 0.501. The van der Waals surface area contributed by atoms with E-state index in [9.17, 15) is 10.1 Å². The molecule has 0 bridgehead atoms. The summed E-state index contributed by atoms with van der Waals surface area (Å²) in [7, 11) is 0. The number of aliphatic hydroxyl groups is 2. The van der Waals surface area contributed by atoms with E-state index in [0.717, 1.165) is 0 Å². The molecule has 1 atom stereocenters. The van der Waals surface area contributed by atoms with Crippen molar-refractivity contribution in [1.29, 1.82) is 0 Å². The number of rotatable bonds is 5. The molecule has 1 aromatic heterocycles. The molecule has 0 aliphatic heterocycles. The van der Waals surface area contributed by atoms with Crippen molar-refractivity contribution >= 4 is 22.8 Å². The maximum absolute atomic E-state index is 10.6. The van der Waals surface area contributed by atoms with Gasteiger partial charge in [-0.1, -0.05) is 0 Å². The Labute approximate surface area is 101 Å². The molecular formula is C10H11N3O5. The number of non-ortho nitro benzene ring substituents is 1. The van der Waals surface area contributed by atoms with Gasteiger partial charge in [0.2, 0.25) is 0 Å². The summed E-state index contributed by atoms with van der Waals surface area (Å²) in [6.45, 7) is -0.301. The van der Waals surface area contributed by atoms with Crippen LogP contribution in [0.3, 0.4) is 0 Å². The van der Waals surface area contributed by atoms with Crippen molar-refractivity contribution in [3.05, 3.63) is 28.3 Å². The van der Waals surface area contributed by atoms with Crippen LogP contribution in [0.2, 0.25) is 0 Å². The SMILES string of the molecule is O=[N+]([O-])c1ccc2oc(NCC(O)CO)nc2c1. The first kappa shape index (κ1) is 12.3. The number of nitrogens with zero attached hydrogens (tertiary/aromatic N) is 2. The van der Waals surface area contributed by atoms with Crippen LogP contribution in [0.1, 0.15) is 0 Å². The number of aromatic nitrogens is 1. The normalized spacial score (nSPS) is 12.6. The van der Waals surface area contributed by atoms with E-state index in [2.05, 4.69) is 10.3 Å². The van der Waals surface area contributed by atoms with Crippen molar-refractivity contribution in [3.8, 4) is 0 Å². The molecule has 3 N–H and O–H groups in total. The van der Waals surface area contributed by atoms with Crippen molar-refractivity contribution in [3.63, 3.8) is 0 Å². The Morgan fingerprint density at radius 3 is 3.00 bits per heavy atom. The quantitative estimate of drug-likeness (QED) is 0.523. The zero-order valence-corrected chi connectivity index (χ0v) is 9.24. The van der Waals surface area contributed by atoms with Crippen molar-refractivity contribution in [1.82, 2.24) is 4.98 Å².